The van der Waals surface area contributed by atoms with Crippen LogP contribution in [0.25, 0.3) is 6.08 Å². The van der Waals surface area contributed by atoms with Gasteiger partial charge >= 0.3 is 0 Å². The number of hydrogen-bond acceptors (Lipinski definition) is 0. The van der Waals surface area contributed by atoms with Gasteiger partial charge in [-0.05, 0) is 24.3 Å². The van der Waals surface area contributed by atoms with Gasteiger partial charge in [0.25, 0.3) is 0 Å². The van der Waals surface area contributed by atoms with Crippen molar-refractivity contribution in [2.45, 2.75) is 58.8 Å². The predicted octanol–water partition coefficient (Wildman–Crippen LogP) is 6.09. The highest BCUT2D eigenvalue weighted by Gasteiger charge is 1.94. The van der Waals surface area contributed by atoms with Crippen molar-refractivity contribution in [2.75, 3.05) is 0 Å². The highest BCUT2D eigenvalue weighted by Crippen LogP contribution is 2.12. The molecule has 0 saturated carbocycles. The van der Waals surface area contributed by atoms with Crippen LogP contribution in [-0.2, 0) is 0 Å². The first-order valence-electron chi connectivity index (χ1n) is 7.50. The summed E-state index contributed by atoms with van der Waals surface area (Å²) in [5.41, 5.74) is 1.31. The van der Waals surface area contributed by atoms with E-state index in [-0.39, 0.29) is 0 Å². The molecule has 0 nitrogen and oxygen atoms in total. The van der Waals surface area contributed by atoms with Gasteiger partial charge in [-0.2, -0.15) is 0 Å². The molecule has 1 rings (SSSR count). The molecule has 0 aliphatic rings. The van der Waals surface area contributed by atoms with E-state index >= 15 is 0 Å². The van der Waals surface area contributed by atoms with Crippen molar-refractivity contribution >= 4 is 6.08 Å². The summed E-state index contributed by atoms with van der Waals surface area (Å²) in [4.78, 5) is 0. The summed E-state index contributed by atoms with van der Waals surface area (Å²) < 4.78 is 0. The number of allylic oxidation sites excluding steroid dienone is 1. The Morgan fingerprint density at radius 2 is 1.56 bits per heavy atom. The van der Waals surface area contributed by atoms with Crippen LogP contribution < -0.4 is 0 Å². The molecule has 0 aliphatic carbocycles. The van der Waals surface area contributed by atoms with Crippen LogP contribution in [0.4, 0.5) is 0 Å². The first kappa shape index (κ1) is 15.0. The Morgan fingerprint density at radius 3 is 2.28 bits per heavy atom. The van der Waals surface area contributed by atoms with E-state index in [0.29, 0.717) is 0 Å². The Bertz CT molecular complexity index is 308. The van der Waals surface area contributed by atoms with Gasteiger partial charge in [-0.25, -0.2) is 0 Å². The van der Waals surface area contributed by atoms with E-state index in [2.05, 4.69) is 56.3 Å². The monoisotopic (exact) mass is 244 g/mol. The van der Waals surface area contributed by atoms with Gasteiger partial charge in [0.2, 0.25) is 0 Å². The minimum Gasteiger partial charge on any atom is -0.0839 e. The largest absolute Gasteiger partial charge is 0.0839 e. The van der Waals surface area contributed by atoms with E-state index in [9.17, 15) is 0 Å². The molecule has 0 aromatic heterocycles. The van der Waals surface area contributed by atoms with Crippen LogP contribution in [0.3, 0.4) is 0 Å². The van der Waals surface area contributed by atoms with Crippen molar-refractivity contribution in [2.24, 2.45) is 5.92 Å². The van der Waals surface area contributed by atoms with Crippen molar-refractivity contribution in [3.8, 4) is 0 Å². The fourth-order valence-corrected chi connectivity index (χ4v) is 2.13. The average Bonchev–Trinajstić information content (AvgIpc) is 2.37. The minimum atomic E-state index is 0.874. The smallest absolute Gasteiger partial charge is 0.0260 e. The zero-order valence-electron chi connectivity index (χ0n) is 12.1. The summed E-state index contributed by atoms with van der Waals surface area (Å²) in [6.45, 7) is 4.63. The highest BCUT2D eigenvalue weighted by atomic mass is 14.0. The molecular weight excluding hydrogens is 216 g/mol. The fourth-order valence-electron chi connectivity index (χ4n) is 2.13. The molecule has 1 aromatic carbocycles. The van der Waals surface area contributed by atoms with Crippen LogP contribution in [0.2, 0.25) is 0 Å². The third-order valence-corrected chi connectivity index (χ3v) is 3.26. The second kappa shape index (κ2) is 9.94. The molecular formula is C18H28. The maximum atomic E-state index is 2.31. The molecule has 0 atom stereocenters. The second-order valence-electron chi connectivity index (χ2n) is 5.55. The molecule has 0 unspecified atom stereocenters. The van der Waals surface area contributed by atoms with Gasteiger partial charge in [0.1, 0.15) is 0 Å². The van der Waals surface area contributed by atoms with Crippen LogP contribution >= 0.6 is 0 Å². The summed E-state index contributed by atoms with van der Waals surface area (Å²) in [6.07, 6.45) is 14.1. The molecule has 100 valence electrons. The molecule has 0 heteroatoms. The van der Waals surface area contributed by atoms with Crippen molar-refractivity contribution < 1.29 is 0 Å². The average molecular weight is 244 g/mol. The van der Waals surface area contributed by atoms with Crippen molar-refractivity contribution in [1.82, 2.24) is 0 Å². The summed E-state index contributed by atoms with van der Waals surface area (Å²) in [5, 5.41) is 0. The first-order valence-corrected chi connectivity index (χ1v) is 7.50. The van der Waals surface area contributed by atoms with E-state index in [4.69, 9.17) is 0 Å². The standard InChI is InChI=1S/C18H28/c1-17(2)13-9-6-4-3-5-7-10-14-18-15-11-8-12-16-18/h8,10-12,14-17H,3-7,9,13H2,1-2H3. The topological polar surface area (TPSA) is 0 Å². The van der Waals surface area contributed by atoms with Gasteiger partial charge in [-0.1, -0.05) is 88.4 Å². The Morgan fingerprint density at radius 1 is 0.889 bits per heavy atom. The Balaban J connectivity index is 1.94. The lowest BCUT2D eigenvalue weighted by atomic mass is 10.0. The summed E-state index contributed by atoms with van der Waals surface area (Å²) in [7, 11) is 0. The summed E-state index contributed by atoms with van der Waals surface area (Å²) in [5.74, 6) is 0.874. The normalized spacial score (nSPS) is 11.5. The van der Waals surface area contributed by atoms with Crippen LogP contribution in [0.15, 0.2) is 36.4 Å². The van der Waals surface area contributed by atoms with E-state index in [1.54, 1.807) is 0 Å². The second-order valence-corrected chi connectivity index (χ2v) is 5.55. The molecule has 0 spiro atoms. The van der Waals surface area contributed by atoms with Gasteiger partial charge in [0.05, 0.1) is 0 Å². The molecule has 0 bridgehead atoms. The van der Waals surface area contributed by atoms with E-state index in [0.717, 1.165) is 5.92 Å². The van der Waals surface area contributed by atoms with Crippen molar-refractivity contribution in [3.05, 3.63) is 42.0 Å². The SMILES string of the molecule is CC(C)CCCCCCCC=Cc1ccccc1. The van der Waals surface area contributed by atoms with Gasteiger partial charge in [0.15, 0.2) is 0 Å². The lowest BCUT2D eigenvalue weighted by Crippen LogP contribution is -1.86. The Hall–Kier alpha value is -1.04. The molecule has 0 saturated heterocycles. The Kier molecular flexibility index (Phi) is 8.29. The van der Waals surface area contributed by atoms with Crippen LogP contribution in [0, 0.1) is 5.92 Å². The van der Waals surface area contributed by atoms with Crippen molar-refractivity contribution in [1.29, 1.82) is 0 Å². The third kappa shape index (κ3) is 8.11. The molecule has 1 aromatic rings. The lowest BCUT2D eigenvalue weighted by molar-refractivity contribution is 0.516. The first-order chi connectivity index (χ1) is 8.79. The number of unbranched alkanes of at least 4 members (excludes halogenated alkanes) is 5. The maximum Gasteiger partial charge on any atom is -0.0260 e. The molecule has 0 radical (unpaired) electrons. The fraction of sp³-hybridized carbons (Fsp3) is 0.556. The molecule has 18 heavy (non-hydrogen) atoms. The predicted molar refractivity (Wildman–Crippen MR) is 82.6 cm³/mol. The number of hydrogen-bond donors (Lipinski definition) is 0. The maximum absolute atomic E-state index is 2.31. The molecule has 0 N–H and O–H groups in total. The summed E-state index contributed by atoms with van der Waals surface area (Å²) in [6, 6.07) is 10.6. The molecule has 0 amide bonds. The quantitative estimate of drug-likeness (QED) is 0.461. The lowest BCUT2D eigenvalue weighted by Gasteiger charge is -2.03. The zero-order valence-corrected chi connectivity index (χ0v) is 12.1. The van der Waals surface area contributed by atoms with E-state index in [1.165, 1.54) is 50.5 Å². The number of rotatable bonds is 9. The molecule has 0 fully saturated rings. The van der Waals surface area contributed by atoms with Gasteiger partial charge < -0.3 is 0 Å². The van der Waals surface area contributed by atoms with E-state index < -0.39 is 0 Å². The van der Waals surface area contributed by atoms with Gasteiger partial charge in [-0.15, -0.1) is 0 Å². The van der Waals surface area contributed by atoms with Gasteiger partial charge in [-0.3, -0.25) is 0 Å². The number of benzene rings is 1. The zero-order chi connectivity index (χ0) is 13.1. The summed E-state index contributed by atoms with van der Waals surface area (Å²) >= 11 is 0. The van der Waals surface area contributed by atoms with Gasteiger partial charge in [0, 0.05) is 0 Å². The Labute approximate surface area is 113 Å². The highest BCUT2D eigenvalue weighted by molar-refractivity contribution is 5.48. The van der Waals surface area contributed by atoms with Crippen LogP contribution in [0.5, 0.6) is 0 Å². The van der Waals surface area contributed by atoms with Crippen molar-refractivity contribution in [3.63, 3.8) is 0 Å². The third-order valence-electron chi connectivity index (χ3n) is 3.26. The van der Waals surface area contributed by atoms with E-state index in [1.807, 2.05) is 0 Å². The van der Waals surface area contributed by atoms with Crippen LogP contribution in [0.1, 0.15) is 64.4 Å². The molecule has 0 heterocycles. The minimum absolute atomic E-state index is 0.874. The van der Waals surface area contributed by atoms with Crippen LogP contribution in [-0.4, -0.2) is 0 Å². The molecule has 0 aliphatic heterocycles.